The fourth-order valence-corrected chi connectivity index (χ4v) is 3.94. The van der Waals surface area contributed by atoms with Gasteiger partial charge in [-0.1, -0.05) is 13.8 Å². The summed E-state index contributed by atoms with van der Waals surface area (Å²) in [5.74, 6) is 1.22. The van der Waals surface area contributed by atoms with Gasteiger partial charge >= 0.3 is 0 Å². The standard InChI is InChI=1S/C20H25NO5/c1-20(2)9-13-18(14(22)10-20)12(8-17(23)21-13)11-6-15(24-3)19(26-5)16(7-11)25-4/h6-7,12H,8-10H2,1-5H3,(H,21,23)/t12-/m0/s1. The number of carbonyl (C=O) groups is 2. The van der Waals surface area contributed by atoms with E-state index in [1.54, 1.807) is 21.3 Å². The highest BCUT2D eigenvalue weighted by atomic mass is 16.5. The third kappa shape index (κ3) is 3.16. The molecule has 1 heterocycles. The summed E-state index contributed by atoms with van der Waals surface area (Å²) in [4.78, 5) is 25.2. The van der Waals surface area contributed by atoms with E-state index in [4.69, 9.17) is 14.2 Å². The number of allylic oxidation sites excluding steroid dienone is 2. The molecule has 2 aliphatic rings. The molecule has 0 aromatic heterocycles. The smallest absolute Gasteiger partial charge is 0.225 e. The van der Waals surface area contributed by atoms with Crippen molar-refractivity contribution in [2.24, 2.45) is 5.41 Å². The van der Waals surface area contributed by atoms with Crippen LogP contribution in [-0.2, 0) is 9.59 Å². The van der Waals surface area contributed by atoms with Crippen LogP contribution in [0.3, 0.4) is 0 Å². The van der Waals surface area contributed by atoms with Gasteiger partial charge in [-0.05, 0) is 29.5 Å². The van der Waals surface area contributed by atoms with Gasteiger partial charge in [0, 0.05) is 30.0 Å². The molecule has 140 valence electrons. The number of rotatable bonds is 4. The van der Waals surface area contributed by atoms with Crippen LogP contribution in [0, 0.1) is 5.41 Å². The predicted molar refractivity (Wildman–Crippen MR) is 96.6 cm³/mol. The van der Waals surface area contributed by atoms with Crippen molar-refractivity contribution in [3.8, 4) is 17.2 Å². The molecule has 1 N–H and O–H groups in total. The number of benzene rings is 1. The zero-order chi connectivity index (χ0) is 19.1. The van der Waals surface area contributed by atoms with Gasteiger partial charge in [-0.2, -0.15) is 0 Å². The van der Waals surface area contributed by atoms with Crippen molar-refractivity contribution < 1.29 is 23.8 Å². The van der Waals surface area contributed by atoms with E-state index >= 15 is 0 Å². The Labute approximate surface area is 153 Å². The number of hydrogen-bond acceptors (Lipinski definition) is 5. The Morgan fingerprint density at radius 1 is 1.00 bits per heavy atom. The summed E-state index contributed by atoms with van der Waals surface area (Å²) in [5.41, 5.74) is 2.12. The summed E-state index contributed by atoms with van der Waals surface area (Å²) in [6.45, 7) is 4.09. The molecule has 1 aliphatic carbocycles. The number of ketones is 1. The van der Waals surface area contributed by atoms with Crippen molar-refractivity contribution in [3.05, 3.63) is 29.0 Å². The number of nitrogens with one attached hydrogen (secondary N) is 1. The van der Waals surface area contributed by atoms with E-state index in [-0.39, 0.29) is 29.4 Å². The first-order chi connectivity index (χ1) is 12.3. The lowest BCUT2D eigenvalue weighted by Gasteiger charge is -2.38. The van der Waals surface area contributed by atoms with Gasteiger partial charge in [-0.15, -0.1) is 0 Å². The maximum absolute atomic E-state index is 12.9. The average molecular weight is 359 g/mol. The van der Waals surface area contributed by atoms with Crippen LogP contribution in [0.2, 0.25) is 0 Å². The Balaban J connectivity index is 2.13. The molecular weight excluding hydrogens is 334 g/mol. The summed E-state index contributed by atoms with van der Waals surface area (Å²) >= 11 is 0. The molecule has 1 aromatic carbocycles. The number of amides is 1. The molecule has 1 aromatic rings. The Bertz CT molecular complexity index is 768. The zero-order valence-electron chi connectivity index (χ0n) is 15.9. The minimum Gasteiger partial charge on any atom is -0.493 e. The van der Waals surface area contributed by atoms with E-state index in [0.29, 0.717) is 35.7 Å². The lowest BCUT2D eigenvalue weighted by Crippen LogP contribution is -2.40. The molecule has 0 fully saturated rings. The summed E-state index contributed by atoms with van der Waals surface area (Å²) < 4.78 is 16.2. The van der Waals surface area contributed by atoms with Crippen molar-refractivity contribution in [2.45, 2.75) is 39.0 Å². The zero-order valence-corrected chi connectivity index (χ0v) is 15.9. The lowest BCUT2D eigenvalue weighted by atomic mass is 9.70. The number of Topliss-reactive ketones (excluding diaryl/α,β-unsaturated/α-hetero) is 1. The fourth-order valence-electron chi connectivity index (χ4n) is 3.94. The van der Waals surface area contributed by atoms with E-state index in [0.717, 1.165) is 11.3 Å². The van der Waals surface area contributed by atoms with Crippen molar-refractivity contribution in [2.75, 3.05) is 21.3 Å². The second-order valence-corrected chi connectivity index (χ2v) is 7.60. The summed E-state index contributed by atoms with van der Waals surface area (Å²) in [6.07, 6.45) is 1.38. The molecule has 0 unspecified atom stereocenters. The van der Waals surface area contributed by atoms with Crippen LogP contribution >= 0.6 is 0 Å². The van der Waals surface area contributed by atoms with E-state index in [1.807, 2.05) is 26.0 Å². The van der Waals surface area contributed by atoms with Gasteiger partial charge in [0.2, 0.25) is 11.7 Å². The second kappa shape index (κ2) is 6.67. The van der Waals surface area contributed by atoms with Gasteiger partial charge in [-0.3, -0.25) is 9.59 Å². The summed E-state index contributed by atoms with van der Waals surface area (Å²) in [6, 6.07) is 3.64. The molecule has 0 saturated carbocycles. The van der Waals surface area contributed by atoms with E-state index in [1.165, 1.54) is 0 Å². The summed E-state index contributed by atoms with van der Waals surface area (Å²) in [7, 11) is 4.64. The molecule has 3 rings (SSSR count). The van der Waals surface area contributed by atoms with Crippen LogP contribution in [0.4, 0.5) is 0 Å². The topological polar surface area (TPSA) is 73.9 Å². The van der Waals surface area contributed by atoms with Crippen molar-refractivity contribution in [1.82, 2.24) is 5.32 Å². The van der Waals surface area contributed by atoms with Crippen LogP contribution in [0.1, 0.15) is 44.6 Å². The van der Waals surface area contributed by atoms with Gasteiger partial charge in [0.05, 0.1) is 21.3 Å². The minimum absolute atomic E-state index is 0.0759. The molecule has 0 bridgehead atoms. The maximum atomic E-state index is 12.9. The van der Waals surface area contributed by atoms with Crippen LogP contribution in [0.5, 0.6) is 17.2 Å². The van der Waals surface area contributed by atoms with Crippen LogP contribution in [0.25, 0.3) is 0 Å². The Hall–Kier alpha value is -2.50. The van der Waals surface area contributed by atoms with Crippen molar-refractivity contribution in [1.29, 1.82) is 0 Å². The van der Waals surface area contributed by atoms with E-state index < -0.39 is 0 Å². The molecule has 1 amide bonds. The number of hydrogen-bond donors (Lipinski definition) is 1. The van der Waals surface area contributed by atoms with Crippen LogP contribution < -0.4 is 19.5 Å². The number of ether oxygens (including phenoxy) is 3. The summed E-state index contributed by atoms with van der Waals surface area (Å²) in [5, 5.41) is 2.92. The maximum Gasteiger partial charge on any atom is 0.225 e. The molecule has 6 heteroatoms. The Morgan fingerprint density at radius 2 is 1.62 bits per heavy atom. The quantitative estimate of drug-likeness (QED) is 0.895. The normalized spacial score (nSPS) is 21.8. The van der Waals surface area contributed by atoms with Crippen molar-refractivity contribution >= 4 is 11.7 Å². The first kappa shape index (κ1) is 18.3. The van der Waals surface area contributed by atoms with Gasteiger partial charge in [0.25, 0.3) is 0 Å². The van der Waals surface area contributed by atoms with Gasteiger partial charge < -0.3 is 19.5 Å². The van der Waals surface area contributed by atoms with Gasteiger partial charge in [0.1, 0.15) is 0 Å². The number of methoxy groups -OCH3 is 3. The Morgan fingerprint density at radius 3 is 2.15 bits per heavy atom. The first-order valence-electron chi connectivity index (χ1n) is 8.65. The molecule has 1 atom stereocenters. The Kier molecular flexibility index (Phi) is 4.69. The molecule has 1 aliphatic heterocycles. The monoisotopic (exact) mass is 359 g/mol. The van der Waals surface area contributed by atoms with Crippen LogP contribution in [0.15, 0.2) is 23.4 Å². The first-order valence-corrected chi connectivity index (χ1v) is 8.65. The molecular formula is C20H25NO5. The molecule has 0 saturated heterocycles. The third-order valence-corrected chi connectivity index (χ3v) is 5.04. The molecule has 26 heavy (non-hydrogen) atoms. The van der Waals surface area contributed by atoms with Gasteiger partial charge in [0.15, 0.2) is 17.3 Å². The van der Waals surface area contributed by atoms with Gasteiger partial charge in [-0.25, -0.2) is 0 Å². The fraction of sp³-hybridized carbons (Fsp3) is 0.500. The second-order valence-electron chi connectivity index (χ2n) is 7.60. The van der Waals surface area contributed by atoms with Crippen molar-refractivity contribution in [3.63, 3.8) is 0 Å². The van der Waals surface area contributed by atoms with E-state index in [9.17, 15) is 9.59 Å². The highest BCUT2D eigenvalue weighted by molar-refractivity contribution is 6.02. The minimum atomic E-state index is -0.309. The third-order valence-electron chi connectivity index (χ3n) is 5.04. The predicted octanol–water partition coefficient (Wildman–Crippen LogP) is 2.96. The molecule has 0 spiro atoms. The molecule has 6 nitrogen and oxygen atoms in total. The highest BCUT2D eigenvalue weighted by Gasteiger charge is 2.41. The van der Waals surface area contributed by atoms with Crippen LogP contribution in [-0.4, -0.2) is 33.0 Å². The largest absolute Gasteiger partial charge is 0.493 e. The SMILES string of the molecule is COc1cc([C@@H]2CC(=O)NC3=C2C(=O)CC(C)(C)C3)cc(OC)c1OC. The average Bonchev–Trinajstić information content (AvgIpc) is 2.57. The lowest BCUT2D eigenvalue weighted by molar-refractivity contribution is -0.122. The highest BCUT2D eigenvalue weighted by Crippen LogP contribution is 2.47. The number of carbonyl (C=O) groups excluding carboxylic acids is 2. The van der Waals surface area contributed by atoms with E-state index in [2.05, 4.69) is 5.32 Å². The molecule has 0 radical (unpaired) electrons.